The molecule has 0 aliphatic heterocycles. The van der Waals surface area contributed by atoms with Gasteiger partial charge in [0.15, 0.2) is 11.1 Å². The SMILES string of the molecule is CCNC(=S)N(C)Cc1c([O-])on[n+]1-c1ccccc1. The number of nitrogens with zero attached hydrogens (tertiary/aromatic N) is 3. The molecule has 1 aromatic carbocycles. The van der Waals surface area contributed by atoms with Crippen LogP contribution in [-0.2, 0) is 6.54 Å². The fourth-order valence-corrected chi connectivity index (χ4v) is 1.96. The van der Waals surface area contributed by atoms with Gasteiger partial charge in [-0.05, 0) is 23.8 Å². The molecule has 0 aliphatic rings. The van der Waals surface area contributed by atoms with Crippen molar-refractivity contribution in [2.75, 3.05) is 13.6 Å². The number of thiocarbonyl (C=S) groups is 1. The average Bonchev–Trinajstić information content (AvgIpc) is 2.81. The number of aromatic nitrogens is 2. The fraction of sp³-hybridized carbons (Fsp3) is 0.308. The maximum absolute atomic E-state index is 11.8. The summed E-state index contributed by atoms with van der Waals surface area (Å²) in [5.41, 5.74) is 1.20. The van der Waals surface area contributed by atoms with Gasteiger partial charge in [0.2, 0.25) is 5.69 Å². The molecule has 7 heteroatoms. The average molecular weight is 292 g/mol. The van der Waals surface area contributed by atoms with Crippen molar-refractivity contribution in [1.29, 1.82) is 0 Å². The molecule has 0 bridgehead atoms. The minimum atomic E-state index is -0.458. The van der Waals surface area contributed by atoms with Crippen LogP contribution >= 0.6 is 12.2 Å². The van der Waals surface area contributed by atoms with Gasteiger partial charge in [-0.3, -0.25) is 0 Å². The second kappa shape index (κ2) is 6.33. The number of para-hydroxylation sites is 1. The van der Waals surface area contributed by atoms with Gasteiger partial charge in [-0.2, -0.15) is 0 Å². The smallest absolute Gasteiger partial charge is 0.259 e. The summed E-state index contributed by atoms with van der Waals surface area (Å²) in [6.07, 6.45) is 0. The van der Waals surface area contributed by atoms with E-state index in [0.717, 1.165) is 12.2 Å². The predicted molar refractivity (Wildman–Crippen MR) is 75.2 cm³/mol. The standard InChI is InChI=1S/C13H16N4O2S/c1-3-14-13(20)16(2)9-11-12(18)19-15-17(11)10-7-5-4-6-8-10/h4-8H,3,9H2,1-2H3,(H-,14,15,18,20). The number of rotatable bonds is 4. The van der Waals surface area contributed by atoms with Crippen LogP contribution in [0, 0.1) is 0 Å². The lowest BCUT2D eigenvalue weighted by atomic mass is 10.3. The molecule has 1 heterocycles. The van der Waals surface area contributed by atoms with Crippen LogP contribution in [-0.4, -0.2) is 28.9 Å². The molecule has 0 unspecified atom stereocenters. The lowest BCUT2D eigenvalue weighted by Gasteiger charge is -2.18. The van der Waals surface area contributed by atoms with Gasteiger partial charge in [-0.25, -0.2) is 0 Å². The molecule has 2 rings (SSSR count). The Labute approximate surface area is 122 Å². The Hall–Kier alpha value is -2.15. The summed E-state index contributed by atoms with van der Waals surface area (Å²) in [5.74, 6) is -0.458. The second-order valence-electron chi connectivity index (χ2n) is 4.25. The first kappa shape index (κ1) is 14.3. The van der Waals surface area contributed by atoms with E-state index in [1.165, 1.54) is 4.68 Å². The molecule has 0 atom stereocenters. The van der Waals surface area contributed by atoms with E-state index in [9.17, 15) is 5.11 Å². The summed E-state index contributed by atoms with van der Waals surface area (Å²) in [5, 5.41) is 19.2. The Kier molecular flexibility index (Phi) is 4.52. The Bertz CT molecular complexity index is 585. The minimum absolute atomic E-state index is 0.322. The minimum Gasteiger partial charge on any atom is -0.539 e. The Morgan fingerprint density at radius 2 is 2.15 bits per heavy atom. The Morgan fingerprint density at radius 3 is 2.80 bits per heavy atom. The summed E-state index contributed by atoms with van der Waals surface area (Å²) < 4.78 is 6.25. The summed E-state index contributed by atoms with van der Waals surface area (Å²) in [7, 11) is 1.81. The number of hydrogen-bond acceptors (Lipinski definition) is 4. The zero-order chi connectivity index (χ0) is 14.5. The zero-order valence-electron chi connectivity index (χ0n) is 11.4. The van der Waals surface area contributed by atoms with E-state index in [-0.39, 0.29) is 0 Å². The molecular formula is C13H16N4O2S. The highest BCUT2D eigenvalue weighted by molar-refractivity contribution is 7.80. The largest absolute Gasteiger partial charge is 0.539 e. The molecule has 6 nitrogen and oxygen atoms in total. The summed E-state index contributed by atoms with van der Waals surface area (Å²) in [6, 6.07) is 9.35. The van der Waals surface area contributed by atoms with Crippen LogP contribution in [0.15, 0.2) is 34.9 Å². The van der Waals surface area contributed by atoms with Gasteiger partial charge < -0.3 is 19.8 Å². The van der Waals surface area contributed by atoms with Crippen molar-refractivity contribution in [2.45, 2.75) is 13.5 Å². The number of nitrogens with one attached hydrogen (secondary N) is 1. The zero-order valence-corrected chi connectivity index (χ0v) is 12.2. The Balaban J connectivity index is 2.24. The van der Waals surface area contributed by atoms with E-state index in [2.05, 4.69) is 10.6 Å². The van der Waals surface area contributed by atoms with Crippen molar-refractivity contribution in [3.8, 4) is 11.6 Å². The van der Waals surface area contributed by atoms with E-state index >= 15 is 0 Å². The second-order valence-corrected chi connectivity index (χ2v) is 4.63. The molecule has 1 aromatic heterocycles. The number of benzene rings is 1. The third-order valence-electron chi connectivity index (χ3n) is 2.76. The van der Waals surface area contributed by atoms with Crippen LogP contribution in [0.3, 0.4) is 0 Å². The lowest BCUT2D eigenvalue weighted by molar-refractivity contribution is -0.678. The molecule has 1 N–H and O–H groups in total. The third kappa shape index (κ3) is 3.05. The van der Waals surface area contributed by atoms with E-state index < -0.39 is 5.95 Å². The summed E-state index contributed by atoms with van der Waals surface area (Å²) >= 11 is 5.20. The lowest BCUT2D eigenvalue weighted by Crippen LogP contribution is -2.42. The highest BCUT2D eigenvalue weighted by Gasteiger charge is 2.22. The predicted octanol–water partition coefficient (Wildman–Crippen LogP) is 0.351. The number of hydrogen-bond donors (Lipinski definition) is 1. The van der Waals surface area contributed by atoms with Gasteiger partial charge >= 0.3 is 0 Å². The van der Waals surface area contributed by atoms with Crippen molar-refractivity contribution in [1.82, 2.24) is 15.5 Å². The molecule has 2 aromatic rings. The van der Waals surface area contributed by atoms with E-state index in [4.69, 9.17) is 16.7 Å². The molecule has 0 amide bonds. The van der Waals surface area contributed by atoms with Gasteiger partial charge in [-0.1, -0.05) is 18.2 Å². The first-order valence-corrected chi connectivity index (χ1v) is 6.66. The normalized spacial score (nSPS) is 10.3. The molecule has 0 aliphatic carbocycles. The van der Waals surface area contributed by atoms with E-state index in [1.54, 1.807) is 4.90 Å². The third-order valence-corrected chi connectivity index (χ3v) is 3.22. The first-order chi connectivity index (χ1) is 9.63. The summed E-state index contributed by atoms with van der Waals surface area (Å²) in [6.45, 7) is 3.02. The molecule has 106 valence electrons. The summed E-state index contributed by atoms with van der Waals surface area (Å²) in [4.78, 5) is 1.77. The van der Waals surface area contributed by atoms with Crippen LogP contribution in [0.5, 0.6) is 5.95 Å². The Morgan fingerprint density at radius 1 is 1.45 bits per heavy atom. The maximum Gasteiger partial charge on any atom is 0.259 e. The monoisotopic (exact) mass is 292 g/mol. The van der Waals surface area contributed by atoms with E-state index in [1.807, 2.05) is 44.3 Å². The molecule has 20 heavy (non-hydrogen) atoms. The van der Waals surface area contributed by atoms with Crippen molar-refractivity contribution < 1.29 is 14.3 Å². The van der Waals surface area contributed by atoms with Crippen LogP contribution < -0.4 is 15.1 Å². The van der Waals surface area contributed by atoms with E-state index in [0.29, 0.717) is 17.4 Å². The molecule has 0 saturated carbocycles. The molecule has 0 fully saturated rings. The topological polar surface area (TPSA) is 68.2 Å². The van der Waals surface area contributed by atoms with Crippen LogP contribution in [0.1, 0.15) is 12.6 Å². The van der Waals surface area contributed by atoms with Crippen LogP contribution in [0.25, 0.3) is 5.69 Å². The van der Waals surface area contributed by atoms with Crippen molar-refractivity contribution in [3.05, 3.63) is 36.0 Å². The van der Waals surface area contributed by atoms with Gasteiger partial charge in [0.25, 0.3) is 5.69 Å². The van der Waals surface area contributed by atoms with Crippen molar-refractivity contribution >= 4 is 17.3 Å². The molecule has 0 radical (unpaired) electrons. The molecular weight excluding hydrogens is 276 g/mol. The van der Waals surface area contributed by atoms with Gasteiger partial charge in [-0.15, -0.1) is 0 Å². The quantitative estimate of drug-likeness (QED) is 0.648. The van der Waals surface area contributed by atoms with Gasteiger partial charge in [0.1, 0.15) is 6.54 Å². The van der Waals surface area contributed by atoms with Gasteiger partial charge in [0.05, 0.1) is 5.27 Å². The van der Waals surface area contributed by atoms with Gasteiger partial charge in [0, 0.05) is 25.7 Å². The maximum atomic E-state index is 11.8. The van der Waals surface area contributed by atoms with Crippen molar-refractivity contribution in [3.63, 3.8) is 0 Å². The van der Waals surface area contributed by atoms with Crippen LogP contribution in [0.2, 0.25) is 0 Å². The first-order valence-electron chi connectivity index (χ1n) is 6.25. The highest BCUT2D eigenvalue weighted by atomic mass is 32.1. The van der Waals surface area contributed by atoms with Crippen LogP contribution in [0.4, 0.5) is 0 Å². The molecule has 0 spiro atoms. The molecule has 0 saturated heterocycles. The van der Waals surface area contributed by atoms with Crippen molar-refractivity contribution in [2.24, 2.45) is 0 Å². The fourth-order valence-electron chi connectivity index (χ4n) is 1.75. The highest BCUT2D eigenvalue weighted by Crippen LogP contribution is 2.12.